The number of aliphatic hydroxyl groups is 1. The van der Waals surface area contributed by atoms with Crippen LogP contribution in [0.2, 0.25) is 5.32 Å². The van der Waals surface area contributed by atoms with Gasteiger partial charge in [-0.05, 0) is 0 Å². The van der Waals surface area contributed by atoms with E-state index in [1.165, 1.54) is 15.2 Å². The Balaban J connectivity index is 1.73. The van der Waals surface area contributed by atoms with Gasteiger partial charge in [0.25, 0.3) is 0 Å². The van der Waals surface area contributed by atoms with Crippen molar-refractivity contribution in [3.8, 4) is 0 Å². The van der Waals surface area contributed by atoms with Crippen molar-refractivity contribution in [1.82, 2.24) is 0 Å². The first kappa shape index (κ1) is 13.4. The van der Waals surface area contributed by atoms with Crippen LogP contribution in [-0.2, 0) is 0 Å². The molecule has 0 amide bonds. The van der Waals surface area contributed by atoms with Crippen molar-refractivity contribution in [2.75, 3.05) is 0 Å². The predicted molar refractivity (Wildman–Crippen MR) is 85.5 cm³/mol. The first-order chi connectivity index (χ1) is 9.83. The Labute approximate surface area is 125 Å². The van der Waals surface area contributed by atoms with Crippen LogP contribution in [0, 0.1) is 0 Å². The molecule has 3 aromatic carbocycles. The van der Waals surface area contributed by atoms with E-state index in [4.69, 9.17) is 0 Å². The van der Waals surface area contributed by atoms with Crippen molar-refractivity contribution in [3.63, 3.8) is 0 Å². The number of benzene rings is 3. The molecule has 0 bridgehead atoms. The molecule has 3 rings (SSSR count). The summed E-state index contributed by atoms with van der Waals surface area (Å²) in [6, 6.07) is 24.9. The van der Waals surface area contributed by atoms with E-state index in [1.807, 2.05) is 24.3 Å². The van der Waals surface area contributed by atoms with Crippen LogP contribution >= 0.6 is 0 Å². The second-order valence-corrected chi connectivity index (χ2v) is 7.04. The van der Waals surface area contributed by atoms with E-state index in [0.29, 0.717) is 15.0 Å². The van der Waals surface area contributed by atoms with Gasteiger partial charge in [-0.2, -0.15) is 0 Å². The van der Waals surface area contributed by atoms with E-state index >= 15 is 0 Å². The topological polar surface area (TPSA) is 20.2 Å². The number of fused-ring (bicyclic) bond motifs is 1. The Kier molecular flexibility index (Phi) is 4.17. The van der Waals surface area contributed by atoms with Crippen LogP contribution in [0.3, 0.4) is 0 Å². The van der Waals surface area contributed by atoms with Gasteiger partial charge in [-0.15, -0.1) is 0 Å². The Morgan fingerprint density at radius 2 is 1.50 bits per heavy atom. The van der Waals surface area contributed by atoms with Crippen LogP contribution < -0.4 is 4.46 Å². The summed E-state index contributed by atoms with van der Waals surface area (Å²) in [5.41, 5.74) is 1.02. The normalized spacial score (nSPS) is 12.4. The van der Waals surface area contributed by atoms with Crippen molar-refractivity contribution >= 4 is 30.2 Å². The predicted octanol–water partition coefficient (Wildman–Crippen LogP) is 3.32. The third kappa shape index (κ3) is 3.10. The van der Waals surface area contributed by atoms with Gasteiger partial charge in [-0.1, -0.05) is 0 Å². The number of hydrogen-bond donors (Lipinski definition) is 1. The molecule has 0 aliphatic rings. The second kappa shape index (κ2) is 6.23. The van der Waals surface area contributed by atoms with Gasteiger partial charge in [0.1, 0.15) is 0 Å². The van der Waals surface area contributed by atoms with Crippen LogP contribution in [0.4, 0.5) is 0 Å². The SMILES string of the molecule is O[C@@H](C[Se]c1ccccc1)c1ccc2ccccc2c1. The molecule has 0 aromatic heterocycles. The Bertz CT molecular complexity index is 694. The van der Waals surface area contributed by atoms with Crippen LogP contribution in [0.15, 0.2) is 72.8 Å². The van der Waals surface area contributed by atoms with Gasteiger partial charge < -0.3 is 0 Å². The maximum absolute atomic E-state index is 10.4. The number of rotatable bonds is 4. The quantitative estimate of drug-likeness (QED) is 0.729. The van der Waals surface area contributed by atoms with Crippen molar-refractivity contribution in [2.24, 2.45) is 0 Å². The Hall–Kier alpha value is -1.60. The van der Waals surface area contributed by atoms with Crippen LogP contribution in [-0.4, -0.2) is 20.1 Å². The third-order valence-electron chi connectivity index (χ3n) is 3.31. The minimum atomic E-state index is -0.375. The molecule has 0 heterocycles. The molecular formula is C18H16OSe. The van der Waals surface area contributed by atoms with Crippen LogP contribution in [0.25, 0.3) is 10.8 Å². The average molecular weight is 327 g/mol. The van der Waals surface area contributed by atoms with E-state index in [9.17, 15) is 5.11 Å². The van der Waals surface area contributed by atoms with Gasteiger partial charge in [-0.25, -0.2) is 0 Å². The van der Waals surface area contributed by atoms with Gasteiger partial charge in [0.05, 0.1) is 0 Å². The van der Waals surface area contributed by atoms with E-state index < -0.39 is 0 Å². The fourth-order valence-electron chi connectivity index (χ4n) is 2.20. The van der Waals surface area contributed by atoms with Crippen molar-refractivity contribution in [2.45, 2.75) is 11.4 Å². The zero-order valence-corrected chi connectivity index (χ0v) is 12.8. The van der Waals surface area contributed by atoms with Gasteiger partial charge in [0.2, 0.25) is 0 Å². The van der Waals surface area contributed by atoms with E-state index in [1.54, 1.807) is 0 Å². The molecule has 1 atom stereocenters. The van der Waals surface area contributed by atoms with Crippen molar-refractivity contribution in [1.29, 1.82) is 0 Å². The third-order valence-corrected chi connectivity index (χ3v) is 5.59. The van der Waals surface area contributed by atoms with Gasteiger partial charge in [0.15, 0.2) is 0 Å². The first-order valence-electron chi connectivity index (χ1n) is 6.67. The maximum atomic E-state index is 10.4. The molecule has 0 spiro atoms. The zero-order chi connectivity index (χ0) is 13.8. The molecule has 0 aliphatic carbocycles. The molecule has 3 aromatic rings. The molecule has 0 unspecified atom stereocenters. The molecule has 20 heavy (non-hydrogen) atoms. The summed E-state index contributed by atoms with van der Waals surface area (Å²) in [5, 5.41) is 13.6. The minimum absolute atomic E-state index is 0.312. The Morgan fingerprint density at radius 3 is 2.30 bits per heavy atom. The monoisotopic (exact) mass is 328 g/mol. The summed E-state index contributed by atoms with van der Waals surface area (Å²) in [4.78, 5) is 0. The van der Waals surface area contributed by atoms with Gasteiger partial charge >= 0.3 is 125 Å². The molecule has 2 heteroatoms. The number of aliphatic hydroxyl groups excluding tert-OH is 1. The fraction of sp³-hybridized carbons (Fsp3) is 0.111. The van der Waals surface area contributed by atoms with Gasteiger partial charge in [-0.3, -0.25) is 0 Å². The van der Waals surface area contributed by atoms with E-state index in [0.717, 1.165) is 10.9 Å². The standard InChI is InChI=1S/C18H16OSe/c19-18(13-20-17-8-2-1-3-9-17)16-11-10-14-6-4-5-7-15(14)12-16/h1-12,18-19H,13H2/t18-/m0/s1. The first-order valence-corrected chi connectivity index (χ1v) is 8.74. The summed E-state index contributed by atoms with van der Waals surface area (Å²) in [6.45, 7) is 0. The van der Waals surface area contributed by atoms with Crippen LogP contribution in [0.5, 0.6) is 0 Å². The molecule has 1 nitrogen and oxygen atoms in total. The molecule has 100 valence electrons. The average Bonchev–Trinajstić information content (AvgIpc) is 2.53. The summed E-state index contributed by atoms with van der Waals surface area (Å²) in [6.07, 6.45) is -0.375. The summed E-state index contributed by atoms with van der Waals surface area (Å²) in [7, 11) is 0. The molecule has 0 aliphatic heterocycles. The van der Waals surface area contributed by atoms with Crippen LogP contribution in [0.1, 0.15) is 11.7 Å². The number of hydrogen-bond acceptors (Lipinski definition) is 1. The summed E-state index contributed by atoms with van der Waals surface area (Å²) < 4.78 is 1.33. The van der Waals surface area contributed by atoms with Crippen molar-refractivity contribution in [3.05, 3.63) is 78.4 Å². The van der Waals surface area contributed by atoms with E-state index in [-0.39, 0.29) is 6.10 Å². The molecule has 0 saturated carbocycles. The molecular weight excluding hydrogens is 311 g/mol. The van der Waals surface area contributed by atoms with Crippen molar-refractivity contribution < 1.29 is 5.11 Å². The Morgan fingerprint density at radius 1 is 0.800 bits per heavy atom. The fourth-order valence-corrected chi connectivity index (χ4v) is 4.08. The van der Waals surface area contributed by atoms with Gasteiger partial charge in [0, 0.05) is 0 Å². The molecule has 0 fully saturated rings. The molecule has 1 N–H and O–H groups in total. The summed E-state index contributed by atoms with van der Waals surface area (Å²) in [5.74, 6) is 0. The zero-order valence-electron chi connectivity index (χ0n) is 11.1. The molecule has 0 saturated heterocycles. The summed E-state index contributed by atoms with van der Waals surface area (Å²) >= 11 is 0.312. The van der Waals surface area contributed by atoms with E-state index in [2.05, 4.69) is 48.5 Å². The second-order valence-electron chi connectivity index (χ2n) is 4.75. The molecule has 0 radical (unpaired) electrons.